The lowest BCUT2D eigenvalue weighted by molar-refractivity contribution is -0.384. The van der Waals surface area contributed by atoms with Crippen LogP contribution < -0.4 is 11.1 Å². The zero-order chi connectivity index (χ0) is 14.7. The molecule has 0 spiro atoms. The first kappa shape index (κ1) is 14.6. The number of hydrogen-bond donors (Lipinski definition) is 2. The van der Waals surface area contributed by atoms with Crippen LogP contribution >= 0.6 is 11.8 Å². The summed E-state index contributed by atoms with van der Waals surface area (Å²) in [5.41, 5.74) is 5.64. The van der Waals surface area contributed by atoms with Crippen LogP contribution in [0.25, 0.3) is 0 Å². The van der Waals surface area contributed by atoms with E-state index in [1.54, 1.807) is 6.07 Å². The van der Waals surface area contributed by atoms with Crippen molar-refractivity contribution in [2.24, 2.45) is 5.73 Å². The van der Waals surface area contributed by atoms with Crippen molar-refractivity contribution in [3.05, 3.63) is 33.9 Å². The Labute approximate surface area is 121 Å². The minimum Gasteiger partial charge on any atom is -0.377 e. The first-order valence-corrected chi connectivity index (χ1v) is 7.67. The van der Waals surface area contributed by atoms with Gasteiger partial charge in [-0.05, 0) is 37.7 Å². The zero-order valence-electron chi connectivity index (χ0n) is 11.2. The molecule has 108 valence electrons. The fourth-order valence-corrected chi connectivity index (χ4v) is 3.26. The smallest absolute Gasteiger partial charge is 0.293 e. The van der Waals surface area contributed by atoms with Crippen LogP contribution in [0.3, 0.4) is 0 Å². The van der Waals surface area contributed by atoms with Crippen molar-refractivity contribution >= 4 is 29.0 Å². The van der Waals surface area contributed by atoms with Gasteiger partial charge in [0, 0.05) is 22.9 Å². The van der Waals surface area contributed by atoms with Crippen LogP contribution in [-0.4, -0.2) is 28.4 Å². The molecule has 1 aliphatic carbocycles. The van der Waals surface area contributed by atoms with Crippen LogP contribution in [0.1, 0.15) is 29.6 Å². The van der Waals surface area contributed by atoms with Crippen LogP contribution in [-0.2, 0) is 0 Å². The van der Waals surface area contributed by atoms with E-state index in [9.17, 15) is 14.9 Å². The Balaban J connectivity index is 2.19. The summed E-state index contributed by atoms with van der Waals surface area (Å²) in [4.78, 5) is 21.7. The van der Waals surface area contributed by atoms with Gasteiger partial charge in [0.15, 0.2) is 0 Å². The number of benzene rings is 1. The molecule has 3 N–H and O–H groups in total. The van der Waals surface area contributed by atoms with E-state index in [4.69, 9.17) is 5.73 Å². The molecule has 0 bridgehead atoms. The third-order valence-electron chi connectivity index (χ3n) is 3.56. The first-order valence-electron chi connectivity index (χ1n) is 6.39. The topological polar surface area (TPSA) is 98.3 Å². The Morgan fingerprint density at radius 3 is 2.80 bits per heavy atom. The molecule has 0 aromatic heterocycles. The molecule has 7 heteroatoms. The van der Waals surface area contributed by atoms with E-state index in [1.165, 1.54) is 12.1 Å². The predicted octanol–water partition coefficient (Wildman–Crippen LogP) is 2.39. The van der Waals surface area contributed by atoms with Crippen molar-refractivity contribution in [1.82, 2.24) is 0 Å². The number of nitrogens with zero attached hydrogens (tertiary/aromatic N) is 1. The molecule has 1 aromatic rings. The second-order valence-electron chi connectivity index (χ2n) is 4.87. The molecule has 0 radical (unpaired) electrons. The van der Waals surface area contributed by atoms with E-state index in [0.717, 1.165) is 19.3 Å². The normalized spacial score (nSPS) is 21.6. The van der Waals surface area contributed by atoms with Gasteiger partial charge in [0.1, 0.15) is 5.69 Å². The van der Waals surface area contributed by atoms with Gasteiger partial charge in [-0.1, -0.05) is 0 Å². The number of anilines is 1. The van der Waals surface area contributed by atoms with Gasteiger partial charge in [-0.3, -0.25) is 14.9 Å². The average Bonchev–Trinajstić information content (AvgIpc) is 2.86. The van der Waals surface area contributed by atoms with Gasteiger partial charge >= 0.3 is 0 Å². The molecule has 0 heterocycles. The summed E-state index contributed by atoms with van der Waals surface area (Å²) in [6.45, 7) is 0. The van der Waals surface area contributed by atoms with Crippen molar-refractivity contribution in [2.45, 2.75) is 30.6 Å². The number of nitrogens with two attached hydrogens (primary N) is 1. The lowest BCUT2D eigenvalue weighted by Gasteiger charge is -2.14. The molecule has 0 saturated heterocycles. The Morgan fingerprint density at radius 1 is 1.50 bits per heavy atom. The third-order valence-corrected chi connectivity index (χ3v) is 4.65. The molecular formula is C13H17N3O3S. The van der Waals surface area contributed by atoms with Gasteiger partial charge in [-0.25, -0.2) is 0 Å². The van der Waals surface area contributed by atoms with Gasteiger partial charge in [-0.2, -0.15) is 11.8 Å². The molecule has 1 aliphatic rings. The summed E-state index contributed by atoms with van der Waals surface area (Å²) in [5.74, 6) is -0.664. The van der Waals surface area contributed by atoms with Gasteiger partial charge in [0.05, 0.1) is 4.92 Å². The average molecular weight is 295 g/mol. The number of thioether (sulfide) groups is 1. The highest BCUT2D eigenvalue weighted by atomic mass is 32.2. The number of nitro benzene ring substituents is 1. The van der Waals surface area contributed by atoms with E-state index in [-0.39, 0.29) is 17.3 Å². The van der Waals surface area contributed by atoms with Gasteiger partial charge in [0.2, 0.25) is 5.91 Å². The summed E-state index contributed by atoms with van der Waals surface area (Å²) in [5, 5.41) is 14.9. The van der Waals surface area contributed by atoms with Crippen molar-refractivity contribution in [1.29, 1.82) is 0 Å². The summed E-state index contributed by atoms with van der Waals surface area (Å²) < 4.78 is 0. The Hall–Kier alpha value is -1.76. The molecule has 1 saturated carbocycles. The third kappa shape index (κ3) is 3.22. The van der Waals surface area contributed by atoms with Crippen LogP contribution in [0.5, 0.6) is 0 Å². The van der Waals surface area contributed by atoms with Crippen molar-refractivity contribution < 1.29 is 9.72 Å². The number of carbonyl (C=O) groups excluding carboxylic acids is 1. The summed E-state index contributed by atoms with van der Waals surface area (Å²) in [6, 6.07) is 4.54. The van der Waals surface area contributed by atoms with E-state index < -0.39 is 10.8 Å². The molecule has 1 aromatic carbocycles. The summed E-state index contributed by atoms with van der Waals surface area (Å²) in [6.07, 6.45) is 5.19. The monoisotopic (exact) mass is 295 g/mol. The zero-order valence-corrected chi connectivity index (χ0v) is 12.0. The van der Waals surface area contributed by atoms with E-state index >= 15 is 0 Å². The number of hydrogen-bond acceptors (Lipinski definition) is 5. The van der Waals surface area contributed by atoms with Crippen LogP contribution in [0.2, 0.25) is 0 Å². The molecule has 2 unspecified atom stereocenters. The largest absolute Gasteiger partial charge is 0.377 e. The lowest BCUT2D eigenvalue weighted by Crippen LogP contribution is -2.17. The van der Waals surface area contributed by atoms with Gasteiger partial charge < -0.3 is 11.1 Å². The molecular weight excluding hydrogens is 278 g/mol. The first-order chi connectivity index (χ1) is 9.51. The van der Waals surface area contributed by atoms with Crippen molar-refractivity contribution in [3.63, 3.8) is 0 Å². The van der Waals surface area contributed by atoms with Crippen LogP contribution in [0.15, 0.2) is 18.2 Å². The molecule has 0 aliphatic heterocycles. The Bertz CT molecular complexity index is 536. The number of primary amides is 1. The van der Waals surface area contributed by atoms with E-state index in [1.807, 2.05) is 11.8 Å². The second-order valence-corrected chi connectivity index (χ2v) is 6.00. The highest BCUT2D eigenvalue weighted by Gasteiger charge is 2.26. The second kappa shape index (κ2) is 6.13. The quantitative estimate of drug-likeness (QED) is 0.642. The highest BCUT2D eigenvalue weighted by molar-refractivity contribution is 7.99. The SMILES string of the molecule is CSC1CCC(Nc2ccc(C(N)=O)cc2[N+](=O)[O-])C1. The van der Waals surface area contributed by atoms with Gasteiger partial charge in [0.25, 0.3) is 5.69 Å². The van der Waals surface area contributed by atoms with Gasteiger partial charge in [-0.15, -0.1) is 0 Å². The molecule has 2 atom stereocenters. The highest BCUT2D eigenvalue weighted by Crippen LogP contribution is 2.33. The fourth-order valence-electron chi connectivity index (χ4n) is 2.46. The van der Waals surface area contributed by atoms with Crippen molar-refractivity contribution in [2.75, 3.05) is 11.6 Å². The summed E-state index contributed by atoms with van der Waals surface area (Å²) in [7, 11) is 0. The van der Waals surface area contributed by atoms with Crippen LogP contribution in [0, 0.1) is 10.1 Å². The number of nitro groups is 1. The van der Waals surface area contributed by atoms with E-state index in [0.29, 0.717) is 10.9 Å². The molecule has 20 heavy (non-hydrogen) atoms. The van der Waals surface area contributed by atoms with E-state index in [2.05, 4.69) is 11.6 Å². The summed E-state index contributed by atoms with van der Waals surface area (Å²) >= 11 is 1.83. The minimum absolute atomic E-state index is 0.103. The maximum atomic E-state index is 11.1. The standard InChI is InChI=1S/C13H17N3O3S/c1-20-10-4-3-9(7-10)15-11-5-2-8(13(14)17)6-12(11)16(18)19/h2,5-6,9-10,15H,3-4,7H2,1H3,(H2,14,17). The predicted molar refractivity (Wildman–Crippen MR) is 80.2 cm³/mol. The molecule has 1 amide bonds. The number of carbonyl (C=O) groups is 1. The lowest BCUT2D eigenvalue weighted by atomic mass is 10.1. The number of amides is 1. The Kier molecular flexibility index (Phi) is 4.49. The molecule has 1 fully saturated rings. The number of nitrogens with one attached hydrogen (secondary N) is 1. The maximum absolute atomic E-state index is 11.1. The van der Waals surface area contributed by atoms with Crippen LogP contribution in [0.4, 0.5) is 11.4 Å². The molecule has 2 rings (SSSR count). The Morgan fingerprint density at radius 2 is 2.25 bits per heavy atom. The minimum atomic E-state index is -0.664. The fraction of sp³-hybridized carbons (Fsp3) is 0.462. The van der Waals surface area contributed by atoms with Crippen molar-refractivity contribution in [3.8, 4) is 0 Å². The maximum Gasteiger partial charge on any atom is 0.293 e. The number of rotatable bonds is 5. The molecule has 6 nitrogen and oxygen atoms in total.